The Morgan fingerprint density at radius 1 is 0.559 bits per heavy atom. The molecule has 7 N–H and O–H groups in total. The molecule has 0 aliphatic carbocycles. The highest BCUT2D eigenvalue weighted by Crippen LogP contribution is 2.26. The molecule has 0 spiro atoms. The number of aliphatic hydroxyl groups is 7. The summed E-state index contributed by atoms with van der Waals surface area (Å²) in [4.78, 5) is 12.9. The molecule has 11 atom stereocenters. The number of hydrogen-bond acceptors (Lipinski definition) is 14. The Balaban J connectivity index is 1.82. The zero-order chi connectivity index (χ0) is 43.1. The van der Waals surface area contributed by atoms with E-state index in [1.54, 1.807) is 0 Å². The molecule has 14 nitrogen and oxygen atoms in total. The van der Waals surface area contributed by atoms with Crippen molar-refractivity contribution in [2.75, 3.05) is 33.0 Å². The highest BCUT2D eigenvalue weighted by molar-refractivity contribution is 5.69. The Bertz CT molecular complexity index is 1080. The number of esters is 1. The predicted octanol–water partition coefficient (Wildman–Crippen LogP) is 5.29. The average Bonchev–Trinajstić information content (AvgIpc) is 3.23. The van der Waals surface area contributed by atoms with E-state index in [2.05, 4.69) is 38.2 Å². The first-order valence-corrected chi connectivity index (χ1v) is 22.9. The van der Waals surface area contributed by atoms with Gasteiger partial charge in [-0.05, 0) is 44.9 Å². The molecule has 346 valence electrons. The molecule has 2 fully saturated rings. The van der Waals surface area contributed by atoms with Crippen LogP contribution in [0, 0.1) is 0 Å². The fraction of sp³-hybridized carbons (Fsp3) is 0.889. The molecule has 0 aromatic heterocycles. The lowest BCUT2D eigenvalue weighted by molar-refractivity contribution is -0.332. The van der Waals surface area contributed by atoms with E-state index in [1.807, 2.05) is 0 Å². The minimum atomic E-state index is -1.70. The third kappa shape index (κ3) is 22.9. The zero-order valence-electron chi connectivity index (χ0n) is 36.2. The van der Waals surface area contributed by atoms with Crippen molar-refractivity contribution < 1.29 is 69.0 Å². The van der Waals surface area contributed by atoms with Crippen LogP contribution >= 0.6 is 0 Å². The summed E-state index contributed by atoms with van der Waals surface area (Å²) in [6, 6.07) is 0. The van der Waals surface area contributed by atoms with Crippen LogP contribution in [0.15, 0.2) is 24.3 Å². The van der Waals surface area contributed by atoms with Crippen LogP contribution in [0.3, 0.4) is 0 Å². The Kier molecular flexibility index (Phi) is 30.9. The first-order chi connectivity index (χ1) is 28.6. The van der Waals surface area contributed by atoms with Gasteiger partial charge in [-0.1, -0.05) is 128 Å². The standard InChI is InChI=1S/C45H82O14/c1-3-5-7-9-11-13-15-16-17-18-19-20-22-24-26-28-37(47)57-34(31-54-29-27-25-23-21-14-12-10-8-6-4-2)32-55-44-43(53)41(51)39(49)36(59-44)33-56-45-42(52)40(50)38(48)35(30-46)58-45/h11,13,16-17,34-36,38-46,48-53H,3-10,12,14-15,18-33H2,1-2H3/b13-11-,17-16-. The fourth-order valence-electron chi connectivity index (χ4n) is 7.14. The molecule has 2 rings (SSSR count). The third-order valence-electron chi connectivity index (χ3n) is 11.0. The van der Waals surface area contributed by atoms with E-state index in [1.165, 1.54) is 64.2 Å². The summed E-state index contributed by atoms with van der Waals surface area (Å²) >= 11 is 0. The van der Waals surface area contributed by atoms with Gasteiger partial charge < -0.3 is 64.2 Å². The molecule has 2 heterocycles. The number of rotatable bonds is 35. The molecule has 0 saturated carbocycles. The van der Waals surface area contributed by atoms with Crippen molar-refractivity contribution in [3.05, 3.63) is 24.3 Å². The summed E-state index contributed by atoms with van der Waals surface area (Å²) < 4.78 is 34.1. The molecule has 0 radical (unpaired) electrons. The van der Waals surface area contributed by atoms with Crippen LogP contribution in [0.25, 0.3) is 0 Å². The van der Waals surface area contributed by atoms with Gasteiger partial charge in [-0.25, -0.2) is 0 Å². The summed E-state index contributed by atoms with van der Waals surface area (Å²) in [6.07, 6.45) is 16.8. The van der Waals surface area contributed by atoms with Gasteiger partial charge in [0, 0.05) is 13.0 Å². The lowest BCUT2D eigenvalue weighted by Crippen LogP contribution is -2.61. The summed E-state index contributed by atoms with van der Waals surface area (Å²) in [7, 11) is 0. The van der Waals surface area contributed by atoms with Crippen LogP contribution in [0.5, 0.6) is 0 Å². The molecule has 2 aliphatic rings. The van der Waals surface area contributed by atoms with Crippen LogP contribution in [0.2, 0.25) is 0 Å². The minimum Gasteiger partial charge on any atom is -0.457 e. The summed E-state index contributed by atoms with van der Waals surface area (Å²) in [6.45, 7) is 3.62. The van der Waals surface area contributed by atoms with Gasteiger partial charge in [-0.3, -0.25) is 4.79 Å². The van der Waals surface area contributed by atoms with Crippen molar-refractivity contribution in [2.24, 2.45) is 0 Å². The van der Waals surface area contributed by atoms with E-state index in [-0.39, 0.29) is 19.6 Å². The van der Waals surface area contributed by atoms with Crippen LogP contribution in [-0.4, -0.2) is 142 Å². The monoisotopic (exact) mass is 847 g/mol. The van der Waals surface area contributed by atoms with Gasteiger partial charge in [-0.2, -0.15) is 0 Å². The van der Waals surface area contributed by atoms with Gasteiger partial charge in [0.1, 0.15) is 54.9 Å². The van der Waals surface area contributed by atoms with Gasteiger partial charge in [0.15, 0.2) is 12.6 Å². The SMILES string of the molecule is CCCCC/C=C\C/C=C\CCCCCCCC(=O)OC(COCCCCCCCCCCCC)COC1OC(COC2OC(CO)C(O)C(O)C2O)C(O)C(O)C1O. The molecular weight excluding hydrogens is 764 g/mol. The van der Waals surface area contributed by atoms with Crippen molar-refractivity contribution in [2.45, 2.75) is 223 Å². The maximum atomic E-state index is 12.9. The molecule has 2 aliphatic heterocycles. The van der Waals surface area contributed by atoms with Crippen molar-refractivity contribution >= 4 is 5.97 Å². The third-order valence-corrected chi connectivity index (χ3v) is 11.0. The van der Waals surface area contributed by atoms with E-state index >= 15 is 0 Å². The first kappa shape index (κ1) is 53.6. The molecule has 0 amide bonds. The summed E-state index contributed by atoms with van der Waals surface area (Å²) in [5.41, 5.74) is 0. The topological polar surface area (TPSA) is 214 Å². The smallest absolute Gasteiger partial charge is 0.306 e. The highest BCUT2D eigenvalue weighted by Gasteiger charge is 2.47. The Morgan fingerprint density at radius 3 is 1.66 bits per heavy atom. The van der Waals surface area contributed by atoms with E-state index in [0.29, 0.717) is 13.0 Å². The van der Waals surface area contributed by atoms with Crippen molar-refractivity contribution in [3.63, 3.8) is 0 Å². The van der Waals surface area contributed by atoms with Crippen LogP contribution in [0.4, 0.5) is 0 Å². The average molecular weight is 847 g/mol. The van der Waals surface area contributed by atoms with Crippen LogP contribution in [0.1, 0.15) is 155 Å². The van der Waals surface area contributed by atoms with E-state index in [0.717, 1.165) is 64.2 Å². The summed E-state index contributed by atoms with van der Waals surface area (Å²) in [5, 5.41) is 71.8. The maximum absolute atomic E-state index is 12.9. The minimum absolute atomic E-state index is 0.0585. The van der Waals surface area contributed by atoms with Crippen LogP contribution in [-0.2, 0) is 33.2 Å². The molecule has 14 heteroatoms. The number of hydrogen-bond donors (Lipinski definition) is 7. The van der Waals surface area contributed by atoms with Gasteiger partial charge >= 0.3 is 5.97 Å². The summed E-state index contributed by atoms with van der Waals surface area (Å²) in [5.74, 6) is -0.391. The number of ether oxygens (including phenoxy) is 6. The van der Waals surface area contributed by atoms with Crippen molar-refractivity contribution in [1.29, 1.82) is 0 Å². The van der Waals surface area contributed by atoms with Gasteiger partial charge in [-0.15, -0.1) is 0 Å². The first-order valence-electron chi connectivity index (χ1n) is 22.9. The molecule has 0 aromatic rings. The van der Waals surface area contributed by atoms with Crippen molar-refractivity contribution in [1.82, 2.24) is 0 Å². The molecular formula is C45H82O14. The number of carbonyl (C=O) groups is 1. The van der Waals surface area contributed by atoms with E-state index < -0.39 is 86.7 Å². The van der Waals surface area contributed by atoms with Gasteiger partial charge in [0.25, 0.3) is 0 Å². The maximum Gasteiger partial charge on any atom is 0.306 e. The lowest BCUT2D eigenvalue weighted by Gasteiger charge is -2.42. The molecule has 0 aromatic carbocycles. The molecule has 11 unspecified atom stereocenters. The highest BCUT2D eigenvalue weighted by atomic mass is 16.7. The zero-order valence-corrected chi connectivity index (χ0v) is 36.2. The number of aliphatic hydroxyl groups excluding tert-OH is 7. The van der Waals surface area contributed by atoms with E-state index in [9.17, 15) is 40.5 Å². The number of unbranched alkanes of at least 4 members (excludes halogenated alkanes) is 17. The Labute approximate surface area is 354 Å². The second-order valence-electron chi connectivity index (χ2n) is 16.2. The Morgan fingerprint density at radius 2 is 1.05 bits per heavy atom. The van der Waals surface area contributed by atoms with E-state index in [4.69, 9.17) is 28.4 Å². The van der Waals surface area contributed by atoms with Gasteiger partial charge in [0.2, 0.25) is 0 Å². The predicted molar refractivity (Wildman–Crippen MR) is 224 cm³/mol. The second-order valence-corrected chi connectivity index (χ2v) is 16.2. The second kappa shape index (κ2) is 34.0. The lowest BCUT2D eigenvalue weighted by atomic mass is 9.98. The van der Waals surface area contributed by atoms with Crippen LogP contribution < -0.4 is 0 Å². The number of carbonyl (C=O) groups excluding carboxylic acids is 1. The van der Waals surface area contributed by atoms with Gasteiger partial charge in [0.05, 0.1) is 26.4 Å². The Hall–Kier alpha value is -1.53. The quantitative estimate of drug-likeness (QED) is 0.0246. The largest absolute Gasteiger partial charge is 0.457 e. The molecule has 59 heavy (non-hydrogen) atoms. The normalized spacial score (nSPS) is 28.2. The molecule has 2 saturated heterocycles. The van der Waals surface area contributed by atoms with Crippen molar-refractivity contribution in [3.8, 4) is 0 Å². The number of allylic oxidation sites excluding steroid dienone is 4. The molecule has 0 bridgehead atoms. The fourth-order valence-corrected chi connectivity index (χ4v) is 7.14.